The Balaban J connectivity index is 2.29. The molecule has 0 unspecified atom stereocenters. The minimum atomic E-state index is 1.06. The van der Waals surface area contributed by atoms with E-state index >= 15 is 0 Å². The molecule has 0 aromatic heterocycles. The van der Waals surface area contributed by atoms with E-state index in [1.165, 1.54) is 5.56 Å². The van der Waals surface area contributed by atoms with Gasteiger partial charge in [-0.25, -0.2) is 0 Å². The van der Waals surface area contributed by atoms with Crippen molar-refractivity contribution in [3.8, 4) is 0 Å². The van der Waals surface area contributed by atoms with Crippen molar-refractivity contribution in [3.05, 3.63) is 42.1 Å². The van der Waals surface area contributed by atoms with Gasteiger partial charge in [0.1, 0.15) is 0 Å². The summed E-state index contributed by atoms with van der Waals surface area (Å²) >= 11 is 0. The molecule has 3 nitrogen and oxygen atoms in total. The van der Waals surface area contributed by atoms with Gasteiger partial charge in [-0.05, 0) is 0 Å². The van der Waals surface area contributed by atoms with E-state index in [2.05, 4.69) is 16.4 Å². The van der Waals surface area contributed by atoms with Gasteiger partial charge in [-0.15, -0.1) is 0 Å². The Morgan fingerprint density at radius 3 is 2.45 bits per heavy atom. The fourth-order valence-corrected chi connectivity index (χ4v) is 1.02. The van der Waals surface area contributed by atoms with Crippen LogP contribution in [0.3, 0.4) is 0 Å². The van der Waals surface area contributed by atoms with E-state index in [4.69, 9.17) is 0 Å². The normalized spacial score (nSPS) is 15.1. The average Bonchev–Trinajstić information content (AvgIpc) is 2.58. The number of nitrogens with one attached hydrogen (secondary N) is 3. The van der Waals surface area contributed by atoms with Crippen LogP contribution >= 0.6 is 0 Å². The van der Waals surface area contributed by atoms with E-state index < -0.39 is 0 Å². The van der Waals surface area contributed by atoms with Gasteiger partial charge in [0.15, 0.2) is 0 Å². The Hall–Kier alpha value is -1.48. The second-order valence-corrected chi connectivity index (χ2v) is 2.32. The monoisotopic (exact) mass is 147 g/mol. The van der Waals surface area contributed by atoms with E-state index in [-0.39, 0.29) is 0 Å². The molecule has 0 saturated heterocycles. The molecule has 1 aliphatic rings. The van der Waals surface area contributed by atoms with Crippen molar-refractivity contribution < 1.29 is 0 Å². The molecule has 56 valence electrons. The first-order valence-corrected chi connectivity index (χ1v) is 3.49. The Kier molecular flexibility index (Phi) is 1.50. The fraction of sp³-hybridized carbons (Fsp3) is 0. The van der Waals surface area contributed by atoms with E-state index in [0.29, 0.717) is 0 Å². The molecule has 0 saturated carbocycles. The molecule has 11 heavy (non-hydrogen) atoms. The molecule has 0 amide bonds. The summed E-state index contributed by atoms with van der Waals surface area (Å²) in [6.07, 6.45) is 1.88. The molecule has 1 aromatic carbocycles. The van der Waals surface area contributed by atoms with Crippen molar-refractivity contribution in [3.63, 3.8) is 0 Å². The fourth-order valence-electron chi connectivity index (χ4n) is 1.02. The second kappa shape index (κ2) is 2.64. The van der Waals surface area contributed by atoms with Crippen LogP contribution in [-0.2, 0) is 0 Å². The van der Waals surface area contributed by atoms with Gasteiger partial charge in [0.25, 0.3) is 0 Å². The number of rotatable bonds is 1. The molecule has 3 N–H and O–H groups in total. The van der Waals surface area contributed by atoms with Crippen LogP contribution in [0.2, 0.25) is 0 Å². The zero-order chi connectivity index (χ0) is 7.52. The summed E-state index contributed by atoms with van der Waals surface area (Å²) in [5.41, 5.74) is 10.8. The number of hydrogen-bond donors (Lipinski definition) is 3. The lowest BCUT2D eigenvalue weighted by Crippen LogP contribution is -2.31. The van der Waals surface area contributed by atoms with Crippen molar-refractivity contribution >= 4 is 5.70 Å². The van der Waals surface area contributed by atoms with Crippen molar-refractivity contribution in [2.45, 2.75) is 0 Å². The lowest BCUT2D eigenvalue weighted by Gasteiger charge is -2.00. The van der Waals surface area contributed by atoms with Crippen molar-refractivity contribution in [2.24, 2.45) is 0 Å². The Morgan fingerprint density at radius 1 is 1.00 bits per heavy atom. The third-order valence-corrected chi connectivity index (χ3v) is 1.57. The first-order chi connectivity index (χ1) is 5.47. The van der Waals surface area contributed by atoms with Crippen molar-refractivity contribution in [1.82, 2.24) is 16.4 Å². The van der Waals surface area contributed by atoms with Gasteiger partial charge in [-0.1, -0.05) is 30.3 Å². The summed E-state index contributed by atoms with van der Waals surface area (Å²) in [5.74, 6) is 0. The highest BCUT2D eigenvalue weighted by molar-refractivity contribution is 5.63. The Labute approximate surface area is 65.1 Å². The number of benzene rings is 1. The zero-order valence-electron chi connectivity index (χ0n) is 5.96. The Bertz CT molecular complexity index is 266. The highest BCUT2D eigenvalue weighted by Crippen LogP contribution is 2.09. The van der Waals surface area contributed by atoms with Gasteiger partial charge >= 0.3 is 0 Å². The van der Waals surface area contributed by atoms with Gasteiger partial charge in [-0.2, -0.15) is 5.53 Å². The summed E-state index contributed by atoms with van der Waals surface area (Å²) in [5, 5.41) is 0. The highest BCUT2D eigenvalue weighted by atomic mass is 15.6. The first-order valence-electron chi connectivity index (χ1n) is 3.49. The first kappa shape index (κ1) is 6.24. The molecule has 3 heteroatoms. The van der Waals surface area contributed by atoms with Crippen LogP contribution in [0.4, 0.5) is 0 Å². The summed E-state index contributed by atoms with van der Waals surface area (Å²) in [4.78, 5) is 0. The van der Waals surface area contributed by atoms with Crippen LogP contribution in [-0.4, -0.2) is 0 Å². The summed E-state index contributed by atoms with van der Waals surface area (Å²) in [6, 6.07) is 10.1. The second-order valence-electron chi connectivity index (χ2n) is 2.32. The van der Waals surface area contributed by atoms with Crippen LogP contribution in [0.25, 0.3) is 5.70 Å². The largest absolute Gasteiger partial charge is 0.309 e. The lowest BCUT2D eigenvalue weighted by molar-refractivity contribution is 0.620. The van der Waals surface area contributed by atoms with Crippen LogP contribution in [0.15, 0.2) is 36.5 Å². The van der Waals surface area contributed by atoms with Gasteiger partial charge in [0.2, 0.25) is 0 Å². The maximum atomic E-state index is 2.97. The minimum Gasteiger partial charge on any atom is -0.309 e. The van der Waals surface area contributed by atoms with Gasteiger partial charge in [0.05, 0.1) is 5.70 Å². The van der Waals surface area contributed by atoms with Gasteiger partial charge in [-0.3, -0.25) is 0 Å². The molecule has 0 atom stereocenters. The maximum absolute atomic E-state index is 2.97. The lowest BCUT2D eigenvalue weighted by atomic mass is 10.2. The maximum Gasteiger partial charge on any atom is 0.0749 e. The van der Waals surface area contributed by atoms with Crippen LogP contribution in [0, 0.1) is 0 Å². The predicted molar refractivity (Wildman–Crippen MR) is 43.8 cm³/mol. The molecule has 0 aliphatic carbocycles. The van der Waals surface area contributed by atoms with E-state index in [1.807, 2.05) is 36.5 Å². The Morgan fingerprint density at radius 2 is 1.82 bits per heavy atom. The third kappa shape index (κ3) is 1.18. The summed E-state index contributed by atoms with van der Waals surface area (Å²) in [6.45, 7) is 0. The topological polar surface area (TPSA) is 36.1 Å². The molecular formula is C8H9N3. The third-order valence-electron chi connectivity index (χ3n) is 1.57. The SMILES string of the molecule is C1=C(c2ccccc2)NNN1. The van der Waals surface area contributed by atoms with Gasteiger partial charge < -0.3 is 10.9 Å². The smallest absolute Gasteiger partial charge is 0.0749 e. The highest BCUT2D eigenvalue weighted by Gasteiger charge is 2.02. The van der Waals surface area contributed by atoms with E-state index in [0.717, 1.165) is 5.70 Å². The zero-order valence-corrected chi connectivity index (χ0v) is 5.96. The molecule has 1 heterocycles. The molecule has 1 aliphatic heterocycles. The molecule has 0 spiro atoms. The standard InChI is InChI=1S/C8H9N3/c1-2-4-7(5-3-1)8-6-9-11-10-8/h1-6,9-11H. The molecule has 1 aromatic rings. The number of hydrazine groups is 2. The van der Waals surface area contributed by atoms with Crippen molar-refractivity contribution in [1.29, 1.82) is 0 Å². The minimum absolute atomic E-state index is 1.06. The summed E-state index contributed by atoms with van der Waals surface area (Å²) < 4.78 is 0. The van der Waals surface area contributed by atoms with Crippen LogP contribution in [0.1, 0.15) is 5.56 Å². The molecule has 0 bridgehead atoms. The molecule has 0 radical (unpaired) electrons. The molecule has 2 rings (SSSR count). The predicted octanol–water partition coefficient (Wildman–Crippen LogP) is 0.597. The van der Waals surface area contributed by atoms with E-state index in [1.54, 1.807) is 0 Å². The molecule has 0 fully saturated rings. The average molecular weight is 147 g/mol. The van der Waals surface area contributed by atoms with Crippen molar-refractivity contribution in [2.75, 3.05) is 0 Å². The van der Waals surface area contributed by atoms with Crippen LogP contribution in [0.5, 0.6) is 0 Å². The molecular weight excluding hydrogens is 138 g/mol. The van der Waals surface area contributed by atoms with E-state index in [9.17, 15) is 0 Å². The van der Waals surface area contributed by atoms with Gasteiger partial charge in [0, 0.05) is 11.8 Å². The van der Waals surface area contributed by atoms with Crippen LogP contribution < -0.4 is 16.4 Å². The quantitative estimate of drug-likeness (QED) is 0.544. The number of hydrogen-bond acceptors (Lipinski definition) is 3. The summed E-state index contributed by atoms with van der Waals surface area (Å²) in [7, 11) is 0.